The highest BCUT2D eigenvalue weighted by Gasteiger charge is 2.40. The molecule has 0 N–H and O–H groups in total. The van der Waals surface area contributed by atoms with Crippen LogP contribution < -0.4 is 14.4 Å². The van der Waals surface area contributed by atoms with Crippen LogP contribution in [0, 0.1) is 10.1 Å². The predicted molar refractivity (Wildman–Crippen MR) is 83.8 cm³/mol. The van der Waals surface area contributed by atoms with E-state index in [1.807, 2.05) is 0 Å². The monoisotopic (exact) mass is 328 g/mol. The first-order valence-electron chi connectivity index (χ1n) is 6.87. The van der Waals surface area contributed by atoms with Crippen LogP contribution in [0.3, 0.4) is 0 Å². The molecule has 2 aromatic rings. The van der Waals surface area contributed by atoms with Crippen LogP contribution in [-0.2, 0) is 0 Å². The lowest BCUT2D eigenvalue weighted by Gasteiger charge is -2.13. The number of non-ortho nitro benzene ring substituents is 1. The van der Waals surface area contributed by atoms with Crippen LogP contribution >= 0.6 is 0 Å². The quantitative estimate of drug-likeness (QED) is 0.485. The summed E-state index contributed by atoms with van der Waals surface area (Å²) >= 11 is 0. The lowest BCUT2D eigenvalue weighted by molar-refractivity contribution is -0.384. The van der Waals surface area contributed by atoms with E-state index in [9.17, 15) is 19.7 Å². The number of rotatable bonds is 4. The molecule has 0 fully saturated rings. The second-order valence-corrected chi connectivity index (χ2v) is 4.95. The van der Waals surface area contributed by atoms with Gasteiger partial charge in [-0.3, -0.25) is 19.7 Å². The van der Waals surface area contributed by atoms with E-state index >= 15 is 0 Å². The minimum absolute atomic E-state index is 0.0772. The number of nitro benzene ring substituents is 1. The molecule has 0 unspecified atom stereocenters. The molecule has 1 aliphatic heterocycles. The van der Waals surface area contributed by atoms with Crippen LogP contribution in [-0.4, -0.2) is 31.0 Å². The molecule has 8 heteroatoms. The van der Waals surface area contributed by atoms with E-state index in [4.69, 9.17) is 9.47 Å². The number of hydrogen-bond acceptors (Lipinski definition) is 6. The van der Waals surface area contributed by atoms with E-state index in [0.29, 0.717) is 5.75 Å². The van der Waals surface area contributed by atoms with Crippen LogP contribution in [0.2, 0.25) is 0 Å². The predicted octanol–water partition coefficient (Wildman–Crippen LogP) is 2.41. The molecule has 8 nitrogen and oxygen atoms in total. The van der Waals surface area contributed by atoms with Crippen molar-refractivity contribution in [3.05, 3.63) is 57.6 Å². The Labute approximate surface area is 136 Å². The normalized spacial score (nSPS) is 13.0. The first-order chi connectivity index (χ1) is 11.5. The topological polar surface area (TPSA) is 99.0 Å². The van der Waals surface area contributed by atoms with E-state index in [0.717, 1.165) is 4.90 Å². The zero-order valence-electron chi connectivity index (χ0n) is 12.8. The first-order valence-corrected chi connectivity index (χ1v) is 6.87. The number of anilines is 1. The Balaban J connectivity index is 2.14. The van der Waals surface area contributed by atoms with Gasteiger partial charge in [-0.2, -0.15) is 0 Å². The number of methoxy groups -OCH3 is 2. The molecule has 0 aliphatic carbocycles. The second kappa shape index (κ2) is 5.65. The summed E-state index contributed by atoms with van der Waals surface area (Å²) in [4.78, 5) is 36.5. The van der Waals surface area contributed by atoms with Crippen LogP contribution in [0.15, 0.2) is 36.4 Å². The van der Waals surface area contributed by atoms with Crippen LogP contribution in [0.5, 0.6) is 11.5 Å². The van der Waals surface area contributed by atoms with E-state index in [2.05, 4.69) is 0 Å². The van der Waals surface area contributed by atoms with Gasteiger partial charge in [-0.15, -0.1) is 0 Å². The number of carbonyl (C=O) groups excluding carboxylic acids is 2. The molecule has 0 atom stereocenters. The SMILES string of the molecule is COc1ccc2c(c1OC)C(=O)N(c1cccc([N+](=O)[O-])c1)C2=O. The summed E-state index contributed by atoms with van der Waals surface area (Å²) in [6.45, 7) is 0. The third kappa shape index (κ3) is 2.16. The summed E-state index contributed by atoms with van der Waals surface area (Å²) in [5, 5.41) is 10.9. The molecule has 0 radical (unpaired) electrons. The molecule has 0 spiro atoms. The Morgan fingerprint density at radius 2 is 1.79 bits per heavy atom. The summed E-state index contributed by atoms with van der Waals surface area (Å²) < 4.78 is 10.4. The summed E-state index contributed by atoms with van der Waals surface area (Å²) in [6.07, 6.45) is 0. The van der Waals surface area contributed by atoms with Gasteiger partial charge in [-0.25, -0.2) is 4.90 Å². The minimum Gasteiger partial charge on any atom is -0.493 e. The maximum absolute atomic E-state index is 12.7. The number of ether oxygens (including phenoxy) is 2. The molecule has 1 aliphatic rings. The lowest BCUT2D eigenvalue weighted by Crippen LogP contribution is -2.29. The Morgan fingerprint density at radius 1 is 1.04 bits per heavy atom. The number of fused-ring (bicyclic) bond motifs is 1. The molecule has 1 heterocycles. The Kier molecular flexibility index (Phi) is 3.64. The van der Waals surface area contributed by atoms with Crippen molar-refractivity contribution in [3.63, 3.8) is 0 Å². The smallest absolute Gasteiger partial charge is 0.271 e. The van der Waals surface area contributed by atoms with Gasteiger partial charge in [0.25, 0.3) is 17.5 Å². The molecule has 3 rings (SSSR count). The average molecular weight is 328 g/mol. The van der Waals surface area contributed by atoms with Crippen molar-refractivity contribution in [2.75, 3.05) is 19.1 Å². The summed E-state index contributed by atoms with van der Waals surface area (Å²) in [5.41, 5.74) is 0.141. The van der Waals surface area contributed by atoms with E-state index in [1.165, 1.54) is 50.6 Å². The molecular formula is C16H12N2O6. The number of hydrogen-bond donors (Lipinski definition) is 0. The number of amides is 2. The summed E-state index contributed by atoms with van der Waals surface area (Å²) in [7, 11) is 2.79. The average Bonchev–Trinajstić information content (AvgIpc) is 2.85. The van der Waals surface area contributed by atoms with Gasteiger partial charge in [0.1, 0.15) is 0 Å². The van der Waals surface area contributed by atoms with Gasteiger partial charge in [0.2, 0.25) is 0 Å². The molecule has 122 valence electrons. The largest absolute Gasteiger partial charge is 0.493 e. The van der Waals surface area contributed by atoms with Gasteiger partial charge < -0.3 is 9.47 Å². The van der Waals surface area contributed by atoms with E-state index in [-0.39, 0.29) is 28.3 Å². The second-order valence-electron chi connectivity index (χ2n) is 4.95. The maximum atomic E-state index is 12.7. The van der Waals surface area contributed by atoms with Gasteiger partial charge in [0.05, 0.1) is 36.0 Å². The van der Waals surface area contributed by atoms with Crippen LogP contribution in [0.4, 0.5) is 11.4 Å². The van der Waals surface area contributed by atoms with Crippen molar-refractivity contribution in [1.29, 1.82) is 0 Å². The summed E-state index contributed by atoms with van der Waals surface area (Å²) in [5.74, 6) is -0.720. The highest BCUT2D eigenvalue weighted by atomic mass is 16.6. The third-order valence-electron chi connectivity index (χ3n) is 3.69. The molecule has 0 saturated heterocycles. The first kappa shape index (κ1) is 15.5. The van der Waals surface area contributed by atoms with Crippen molar-refractivity contribution < 1.29 is 24.0 Å². The number of nitro groups is 1. The molecule has 2 aromatic carbocycles. The number of benzene rings is 2. The van der Waals surface area contributed by atoms with Gasteiger partial charge in [-0.1, -0.05) is 6.07 Å². The molecule has 2 amide bonds. The summed E-state index contributed by atoms with van der Waals surface area (Å²) in [6, 6.07) is 8.32. The zero-order valence-corrected chi connectivity index (χ0v) is 12.8. The highest BCUT2D eigenvalue weighted by Crippen LogP contribution is 2.40. The third-order valence-corrected chi connectivity index (χ3v) is 3.69. The van der Waals surface area contributed by atoms with Crippen molar-refractivity contribution in [2.45, 2.75) is 0 Å². The Bertz CT molecular complexity index is 877. The van der Waals surface area contributed by atoms with Crippen molar-refractivity contribution in [3.8, 4) is 11.5 Å². The Morgan fingerprint density at radius 3 is 2.42 bits per heavy atom. The van der Waals surface area contributed by atoms with Gasteiger partial charge in [-0.05, 0) is 18.2 Å². The fourth-order valence-electron chi connectivity index (χ4n) is 2.62. The van der Waals surface area contributed by atoms with E-state index in [1.54, 1.807) is 0 Å². The Hall–Kier alpha value is -3.42. The fraction of sp³-hybridized carbons (Fsp3) is 0.125. The standard InChI is InChI=1S/C16H12N2O6/c1-23-12-7-6-11-13(14(12)24-2)16(20)17(15(11)19)9-4-3-5-10(8-9)18(21)22/h3-8H,1-2H3. The molecule has 24 heavy (non-hydrogen) atoms. The fourth-order valence-corrected chi connectivity index (χ4v) is 2.62. The van der Waals surface area contributed by atoms with Crippen LogP contribution in [0.25, 0.3) is 0 Å². The van der Waals surface area contributed by atoms with Gasteiger partial charge >= 0.3 is 0 Å². The maximum Gasteiger partial charge on any atom is 0.271 e. The van der Waals surface area contributed by atoms with Crippen molar-refractivity contribution in [1.82, 2.24) is 0 Å². The molecule has 0 aromatic heterocycles. The zero-order chi connectivity index (χ0) is 17.4. The minimum atomic E-state index is -0.619. The number of carbonyl (C=O) groups is 2. The molecule has 0 saturated carbocycles. The number of imide groups is 1. The van der Waals surface area contributed by atoms with Crippen molar-refractivity contribution in [2.24, 2.45) is 0 Å². The van der Waals surface area contributed by atoms with Gasteiger partial charge in [0.15, 0.2) is 11.5 Å². The number of nitrogens with zero attached hydrogens (tertiary/aromatic N) is 2. The highest BCUT2D eigenvalue weighted by molar-refractivity contribution is 6.35. The molecule has 0 bridgehead atoms. The van der Waals surface area contributed by atoms with E-state index < -0.39 is 16.7 Å². The van der Waals surface area contributed by atoms with Crippen molar-refractivity contribution >= 4 is 23.2 Å². The van der Waals surface area contributed by atoms with Crippen LogP contribution in [0.1, 0.15) is 20.7 Å². The van der Waals surface area contributed by atoms with Gasteiger partial charge in [0, 0.05) is 12.1 Å². The molecular weight excluding hydrogens is 316 g/mol. The lowest BCUT2D eigenvalue weighted by atomic mass is 10.1.